The van der Waals surface area contributed by atoms with Crippen LogP contribution in [-0.4, -0.2) is 78.2 Å². The number of para-hydroxylation sites is 1. The third-order valence-electron chi connectivity index (χ3n) is 5.76. The summed E-state index contributed by atoms with van der Waals surface area (Å²) in [5, 5.41) is 1.22. The third-order valence-corrected chi connectivity index (χ3v) is 5.76. The lowest BCUT2D eigenvalue weighted by molar-refractivity contribution is -0.00116. The monoisotopic (exact) mass is 368 g/mol. The first-order valence-electron chi connectivity index (χ1n) is 9.72. The third kappa shape index (κ3) is 3.92. The predicted octanol–water partition coefficient (Wildman–Crippen LogP) is 2.58. The number of pyridine rings is 1. The van der Waals surface area contributed by atoms with Crippen molar-refractivity contribution in [1.29, 1.82) is 0 Å². The highest BCUT2D eigenvalue weighted by Gasteiger charge is 2.46. The summed E-state index contributed by atoms with van der Waals surface area (Å²) < 4.78 is 5.84. The molecule has 2 aromatic rings. The zero-order valence-electron chi connectivity index (χ0n) is 16.2. The number of hydrogen-bond acceptors (Lipinski definition) is 5. The van der Waals surface area contributed by atoms with Crippen LogP contribution in [0.3, 0.4) is 0 Å². The van der Waals surface area contributed by atoms with Crippen LogP contribution in [0, 0.1) is 0 Å². The Morgan fingerprint density at radius 2 is 1.96 bits per heavy atom. The molecule has 0 aliphatic carbocycles. The molecular formula is C21H28N4O2. The first-order chi connectivity index (χ1) is 13.0. The molecule has 2 saturated heterocycles. The van der Waals surface area contributed by atoms with Crippen LogP contribution in [0.25, 0.3) is 10.9 Å². The van der Waals surface area contributed by atoms with Gasteiger partial charge in [-0.3, -0.25) is 9.88 Å². The fourth-order valence-corrected chi connectivity index (χ4v) is 4.10. The van der Waals surface area contributed by atoms with Crippen LogP contribution in [0.15, 0.2) is 36.5 Å². The molecule has 0 bridgehead atoms. The number of likely N-dealkylation sites (N-methyl/N-ethyl adjacent to an activating group) is 1. The van der Waals surface area contributed by atoms with Crippen LogP contribution < -0.4 is 0 Å². The number of amides is 1. The number of carbonyl (C=O) groups is 1. The zero-order valence-corrected chi connectivity index (χ0v) is 16.2. The maximum atomic E-state index is 12.2. The molecule has 1 aromatic carbocycles. The highest BCUT2D eigenvalue weighted by Crippen LogP contribution is 2.34. The summed E-state index contributed by atoms with van der Waals surface area (Å²) in [6.07, 6.45) is 3.55. The molecule has 0 saturated carbocycles. The van der Waals surface area contributed by atoms with Crippen LogP contribution in [0.5, 0.6) is 0 Å². The van der Waals surface area contributed by atoms with Gasteiger partial charge in [-0.2, -0.15) is 0 Å². The highest BCUT2D eigenvalue weighted by molar-refractivity contribution is 5.81. The Morgan fingerprint density at radius 1 is 1.19 bits per heavy atom. The Morgan fingerprint density at radius 3 is 2.74 bits per heavy atom. The molecule has 1 spiro atoms. The number of benzene rings is 1. The number of ether oxygens (including phenoxy) is 1. The molecule has 3 heterocycles. The number of piperidine rings is 1. The van der Waals surface area contributed by atoms with E-state index in [2.05, 4.69) is 39.0 Å². The number of rotatable bonds is 5. The number of aromatic nitrogens is 1. The van der Waals surface area contributed by atoms with Gasteiger partial charge in [-0.1, -0.05) is 18.2 Å². The largest absolute Gasteiger partial charge is 0.441 e. The summed E-state index contributed by atoms with van der Waals surface area (Å²) in [6.45, 7) is 5.15. The van der Waals surface area contributed by atoms with Gasteiger partial charge in [0.15, 0.2) is 0 Å². The minimum absolute atomic E-state index is 0.148. The molecule has 1 amide bonds. The maximum Gasteiger partial charge on any atom is 0.410 e. The molecule has 144 valence electrons. The number of likely N-dealkylation sites (tertiary alicyclic amines) is 1. The van der Waals surface area contributed by atoms with E-state index >= 15 is 0 Å². The molecule has 2 aliphatic rings. The molecule has 0 radical (unpaired) electrons. The molecular weight excluding hydrogens is 340 g/mol. The maximum absolute atomic E-state index is 12.2. The molecule has 6 nitrogen and oxygen atoms in total. The highest BCUT2D eigenvalue weighted by atomic mass is 16.6. The van der Waals surface area contributed by atoms with Gasteiger partial charge in [-0.15, -0.1) is 0 Å². The Kier molecular flexibility index (Phi) is 5.02. The van der Waals surface area contributed by atoms with Gasteiger partial charge in [0.1, 0.15) is 5.60 Å². The van der Waals surface area contributed by atoms with Crippen molar-refractivity contribution in [2.75, 3.05) is 46.8 Å². The van der Waals surface area contributed by atoms with Crippen LogP contribution in [0.4, 0.5) is 4.79 Å². The summed E-state index contributed by atoms with van der Waals surface area (Å²) in [5.41, 5.74) is 2.07. The van der Waals surface area contributed by atoms with E-state index in [1.54, 1.807) is 0 Å². The molecule has 0 N–H and O–H groups in total. The van der Waals surface area contributed by atoms with Gasteiger partial charge in [0.2, 0.25) is 0 Å². The van der Waals surface area contributed by atoms with E-state index < -0.39 is 0 Å². The second-order valence-electron chi connectivity index (χ2n) is 8.04. The van der Waals surface area contributed by atoms with Gasteiger partial charge in [0.05, 0.1) is 12.1 Å². The number of hydrogen-bond donors (Lipinski definition) is 0. The van der Waals surface area contributed by atoms with Crippen molar-refractivity contribution in [2.45, 2.75) is 25.0 Å². The number of fused-ring (bicyclic) bond motifs is 1. The number of nitrogens with zero attached hydrogens (tertiary/aromatic N) is 4. The minimum atomic E-state index is -0.291. The Bertz CT molecular complexity index is 809. The molecule has 2 fully saturated rings. The molecule has 1 aromatic heterocycles. The lowest BCUT2D eigenvalue weighted by Crippen LogP contribution is -2.46. The van der Waals surface area contributed by atoms with Crippen molar-refractivity contribution < 1.29 is 9.53 Å². The van der Waals surface area contributed by atoms with Crippen molar-refractivity contribution in [3.05, 3.63) is 42.1 Å². The first kappa shape index (κ1) is 18.2. The van der Waals surface area contributed by atoms with E-state index in [0.29, 0.717) is 0 Å². The average Bonchev–Trinajstić information content (AvgIpc) is 2.97. The summed E-state index contributed by atoms with van der Waals surface area (Å²) in [7, 11) is 4.05. The van der Waals surface area contributed by atoms with E-state index in [1.807, 2.05) is 31.3 Å². The Labute approximate surface area is 160 Å². The molecule has 0 atom stereocenters. The summed E-state index contributed by atoms with van der Waals surface area (Å²) >= 11 is 0. The molecule has 6 heteroatoms. The topological polar surface area (TPSA) is 48.9 Å². The molecule has 0 unspecified atom stereocenters. The van der Waals surface area contributed by atoms with Crippen LogP contribution in [0.2, 0.25) is 0 Å². The van der Waals surface area contributed by atoms with Crippen LogP contribution in [0.1, 0.15) is 18.4 Å². The van der Waals surface area contributed by atoms with Crippen molar-refractivity contribution >= 4 is 17.0 Å². The fraction of sp³-hybridized carbons (Fsp3) is 0.524. The van der Waals surface area contributed by atoms with Crippen molar-refractivity contribution in [1.82, 2.24) is 19.7 Å². The van der Waals surface area contributed by atoms with Crippen LogP contribution >= 0.6 is 0 Å². The standard InChI is InChI=1S/C21H28N4O2/c1-23(2)13-14-25-16-21(27-20(25)26)8-11-24(12-9-21)15-17-7-10-22-19-6-4-3-5-18(17)19/h3-7,10H,8-9,11-16H2,1-2H3. The van der Waals surface area contributed by atoms with E-state index in [9.17, 15) is 4.79 Å². The number of carbonyl (C=O) groups excluding carboxylic acids is 1. The lowest BCUT2D eigenvalue weighted by Gasteiger charge is -2.37. The van der Waals surface area contributed by atoms with Gasteiger partial charge < -0.3 is 14.5 Å². The summed E-state index contributed by atoms with van der Waals surface area (Å²) in [5.74, 6) is 0. The Hall–Kier alpha value is -2.18. The summed E-state index contributed by atoms with van der Waals surface area (Å²) in [4.78, 5) is 23.1. The van der Waals surface area contributed by atoms with Crippen molar-refractivity contribution in [3.63, 3.8) is 0 Å². The second-order valence-corrected chi connectivity index (χ2v) is 8.04. The van der Waals surface area contributed by atoms with Gasteiger partial charge in [-0.05, 0) is 31.8 Å². The zero-order chi connectivity index (χ0) is 18.9. The van der Waals surface area contributed by atoms with Gasteiger partial charge in [-0.25, -0.2) is 4.79 Å². The predicted molar refractivity (Wildman–Crippen MR) is 106 cm³/mol. The SMILES string of the molecule is CN(C)CCN1CC2(CCN(Cc3ccnc4ccccc34)CC2)OC1=O. The molecule has 4 rings (SSSR count). The second kappa shape index (κ2) is 7.44. The van der Waals surface area contributed by atoms with Crippen molar-refractivity contribution in [3.8, 4) is 0 Å². The quantitative estimate of drug-likeness (QED) is 0.812. The van der Waals surface area contributed by atoms with Gasteiger partial charge >= 0.3 is 6.09 Å². The smallest absolute Gasteiger partial charge is 0.410 e. The van der Waals surface area contributed by atoms with Gasteiger partial charge in [0, 0.05) is 57.1 Å². The lowest BCUT2D eigenvalue weighted by atomic mass is 9.91. The normalized spacial score (nSPS) is 20.0. The average molecular weight is 368 g/mol. The van der Waals surface area contributed by atoms with Gasteiger partial charge in [0.25, 0.3) is 0 Å². The summed E-state index contributed by atoms with van der Waals surface area (Å²) in [6, 6.07) is 10.4. The Balaban J connectivity index is 1.37. The fourth-order valence-electron chi connectivity index (χ4n) is 4.10. The van der Waals surface area contributed by atoms with E-state index in [0.717, 1.165) is 57.6 Å². The molecule has 27 heavy (non-hydrogen) atoms. The first-order valence-corrected chi connectivity index (χ1v) is 9.72. The molecule has 2 aliphatic heterocycles. The van der Waals surface area contributed by atoms with E-state index in [4.69, 9.17) is 4.74 Å². The van der Waals surface area contributed by atoms with Crippen LogP contribution in [-0.2, 0) is 11.3 Å². The minimum Gasteiger partial charge on any atom is -0.441 e. The van der Waals surface area contributed by atoms with Crippen molar-refractivity contribution in [2.24, 2.45) is 0 Å². The van der Waals surface area contributed by atoms with E-state index in [-0.39, 0.29) is 11.7 Å². The van der Waals surface area contributed by atoms with E-state index in [1.165, 1.54) is 10.9 Å².